The first-order chi connectivity index (χ1) is 9.22. The molecule has 5 nitrogen and oxygen atoms in total. The van der Waals surface area contributed by atoms with Gasteiger partial charge in [-0.1, -0.05) is 6.92 Å². The molecule has 1 fully saturated rings. The van der Waals surface area contributed by atoms with E-state index in [0.29, 0.717) is 0 Å². The molecule has 19 heavy (non-hydrogen) atoms. The number of nitrogens with zero attached hydrogens (tertiary/aromatic N) is 2. The van der Waals surface area contributed by atoms with Crippen molar-refractivity contribution in [1.82, 2.24) is 4.98 Å². The second kappa shape index (κ2) is 6.52. The quantitative estimate of drug-likeness (QED) is 0.883. The number of aromatic nitrogens is 1. The molecular weight excluding hydrogens is 244 g/mol. The molecule has 1 atom stereocenters. The number of pyridine rings is 1. The number of carboxylic acids is 1. The maximum Gasteiger partial charge on any atom is 0.339 e. The van der Waals surface area contributed by atoms with Gasteiger partial charge in [0.25, 0.3) is 0 Å². The molecule has 0 saturated carbocycles. The number of aromatic carboxylic acids is 1. The summed E-state index contributed by atoms with van der Waals surface area (Å²) in [7, 11) is 0. The van der Waals surface area contributed by atoms with E-state index in [0.717, 1.165) is 44.6 Å². The molecule has 1 aliphatic rings. The summed E-state index contributed by atoms with van der Waals surface area (Å²) >= 11 is 0. The van der Waals surface area contributed by atoms with Crippen molar-refractivity contribution in [3.8, 4) is 0 Å². The molecule has 5 heteroatoms. The van der Waals surface area contributed by atoms with Crippen molar-refractivity contribution in [2.45, 2.75) is 32.3 Å². The first-order valence-corrected chi connectivity index (χ1v) is 6.76. The molecule has 1 aromatic rings. The van der Waals surface area contributed by atoms with Gasteiger partial charge >= 0.3 is 5.97 Å². The van der Waals surface area contributed by atoms with E-state index in [1.807, 2.05) is 0 Å². The Hall–Kier alpha value is -1.62. The largest absolute Gasteiger partial charge is 0.478 e. The maximum absolute atomic E-state index is 11.2. The monoisotopic (exact) mass is 264 g/mol. The molecule has 0 aromatic carbocycles. The van der Waals surface area contributed by atoms with E-state index in [-0.39, 0.29) is 11.7 Å². The van der Waals surface area contributed by atoms with Gasteiger partial charge in [-0.25, -0.2) is 4.79 Å². The molecule has 1 aromatic heterocycles. The third-order valence-electron chi connectivity index (χ3n) is 3.30. The highest BCUT2D eigenvalue weighted by atomic mass is 16.5. The Balaban J connectivity index is 2.11. The molecule has 0 spiro atoms. The first-order valence-electron chi connectivity index (χ1n) is 6.76. The normalized spacial score (nSPS) is 19.4. The smallest absolute Gasteiger partial charge is 0.339 e. The molecule has 0 aliphatic carbocycles. The van der Waals surface area contributed by atoms with Crippen molar-refractivity contribution in [2.24, 2.45) is 0 Å². The van der Waals surface area contributed by atoms with E-state index >= 15 is 0 Å². The second-order valence-corrected chi connectivity index (χ2v) is 4.78. The van der Waals surface area contributed by atoms with Gasteiger partial charge in [-0.15, -0.1) is 0 Å². The summed E-state index contributed by atoms with van der Waals surface area (Å²) in [6.45, 7) is 4.48. The lowest BCUT2D eigenvalue weighted by Gasteiger charge is -2.34. The average Bonchev–Trinajstić information content (AvgIpc) is 2.45. The lowest BCUT2D eigenvalue weighted by Crippen LogP contribution is -2.40. The average molecular weight is 264 g/mol. The van der Waals surface area contributed by atoms with Crippen LogP contribution in [0.5, 0.6) is 0 Å². The molecule has 1 unspecified atom stereocenters. The highest BCUT2D eigenvalue weighted by Gasteiger charge is 2.23. The lowest BCUT2D eigenvalue weighted by molar-refractivity contribution is 0.0439. The zero-order chi connectivity index (χ0) is 13.7. The molecule has 1 aliphatic heterocycles. The minimum absolute atomic E-state index is 0.198. The SMILES string of the molecule is CCCOC1CCCN(c2ccncc2C(=O)O)C1. The van der Waals surface area contributed by atoms with Crippen molar-refractivity contribution >= 4 is 11.7 Å². The van der Waals surface area contributed by atoms with Crippen LogP contribution in [-0.4, -0.2) is 41.9 Å². The molecule has 2 rings (SSSR count). The molecule has 0 radical (unpaired) electrons. The summed E-state index contributed by atoms with van der Waals surface area (Å²) in [6.07, 6.45) is 6.32. The Morgan fingerprint density at radius 2 is 2.47 bits per heavy atom. The van der Waals surface area contributed by atoms with Crippen LogP contribution >= 0.6 is 0 Å². The van der Waals surface area contributed by atoms with Gasteiger partial charge in [0.15, 0.2) is 0 Å². The highest BCUT2D eigenvalue weighted by molar-refractivity contribution is 5.94. The van der Waals surface area contributed by atoms with E-state index in [4.69, 9.17) is 4.74 Å². The Morgan fingerprint density at radius 1 is 1.63 bits per heavy atom. The van der Waals surface area contributed by atoms with Gasteiger partial charge in [0, 0.05) is 32.1 Å². The number of anilines is 1. The molecule has 0 amide bonds. The molecule has 0 bridgehead atoms. The second-order valence-electron chi connectivity index (χ2n) is 4.78. The fraction of sp³-hybridized carbons (Fsp3) is 0.571. The summed E-state index contributed by atoms with van der Waals surface area (Å²) < 4.78 is 5.78. The summed E-state index contributed by atoms with van der Waals surface area (Å²) in [4.78, 5) is 17.2. The van der Waals surface area contributed by atoms with Crippen LogP contribution in [0.1, 0.15) is 36.5 Å². The Bertz CT molecular complexity index is 436. The van der Waals surface area contributed by atoms with Crippen molar-refractivity contribution < 1.29 is 14.6 Å². The fourth-order valence-electron chi connectivity index (χ4n) is 2.41. The fourth-order valence-corrected chi connectivity index (χ4v) is 2.41. The predicted octanol–water partition coefficient (Wildman–Crippen LogP) is 2.18. The van der Waals surface area contributed by atoms with Gasteiger partial charge < -0.3 is 14.7 Å². The molecule has 1 N–H and O–H groups in total. The number of carboxylic acid groups (broad SMARTS) is 1. The molecule has 2 heterocycles. The van der Waals surface area contributed by atoms with E-state index < -0.39 is 5.97 Å². The van der Waals surface area contributed by atoms with Crippen LogP contribution in [0.2, 0.25) is 0 Å². The van der Waals surface area contributed by atoms with E-state index in [1.165, 1.54) is 6.20 Å². The van der Waals surface area contributed by atoms with E-state index in [2.05, 4.69) is 16.8 Å². The van der Waals surface area contributed by atoms with Gasteiger partial charge in [0.1, 0.15) is 5.56 Å². The van der Waals surface area contributed by atoms with Crippen molar-refractivity contribution in [3.63, 3.8) is 0 Å². The zero-order valence-corrected chi connectivity index (χ0v) is 11.2. The Morgan fingerprint density at radius 3 is 3.21 bits per heavy atom. The summed E-state index contributed by atoms with van der Waals surface area (Å²) in [5.74, 6) is -0.931. The van der Waals surface area contributed by atoms with Gasteiger partial charge in [0.05, 0.1) is 11.8 Å². The van der Waals surface area contributed by atoms with Gasteiger partial charge in [0.2, 0.25) is 0 Å². The minimum Gasteiger partial charge on any atom is -0.478 e. The topological polar surface area (TPSA) is 62.7 Å². The third kappa shape index (κ3) is 3.44. The number of piperidine rings is 1. The number of rotatable bonds is 5. The Kier molecular flexibility index (Phi) is 4.74. The zero-order valence-electron chi connectivity index (χ0n) is 11.2. The highest BCUT2D eigenvalue weighted by Crippen LogP contribution is 2.24. The van der Waals surface area contributed by atoms with Crippen LogP contribution in [0.3, 0.4) is 0 Å². The number of hydrogen-bond acceptors (Lipinski definition) is 4. The van der Waals surface area contributed by atoms with Gasteiger partial charge in [-0.3, -0.25) is 4.98 Å². The molecule has 104 valence electrons. The maximum atomic E-state index is 11.2. The summed E-state index contributed by atoms with van der Waals surface area (Å²) in [5, 5.41) is 9.21. The Labute approximate surface area is 113 Å². The standard InChI is InChI=1S/C14H20N2O3/c1-2-8-19-11-4-3-7-16(10-11)13-5-6-15-9-12(13)14(17)18/h5-6,9,11H,2-4,7-8,10H2,1H3,(H,17,18). The van der Waals surface area contributed by atoms with Crippen LogP contribution in [0.4, 0.5) is 5.69 Å². The van der Waals surface area contributed by atoms with Crippen LogP contribution in [0.15, 0.2) is 18.5 Å². The van der Waals surface area contributed by atoms with Gasteiger partial charge in [-0.05, 0) is 25.3 Å². The van der Waals surface area contributed by atoms with Crippen molar-refractivity contribution in [3.05, 3.63) is 24.0 Å². The third-order valence-corrected chi connectivity index (χ3v) is 3.30. The summed E-state index contributed by atoms with van der Waals surface area (Å²) in [5.41, 5.74) is 1.01. The minimum atomic E-state index is -0.931. The van der Waals surface area contributed by atoms with Crippen molar-refractivity contribution in [2.75, 3.05) is 24.6 Å². The van der Waals surface area contributed by atoms with Gasteiger partial charge in [-0.2, -0.15) is 0 Å². The molecular formula is C14H20N2O3. The molecule has 1 saturated heterocycles. The summed E-state index contributed by atoms with van der Waals surface area (Å²) in [6, 6.07) is 1.77. The van der Waals surface area contributed by atoms with E-state index in [9.17, 15) is 9.90 Å². The number of ether oxygens (including phenoxy) is 1. The first kappa shape index (κ1) is 13.8. The number of hydrogen-bond donors (Lipinski definition) is 1. The number of carbonyl (C=O) groups is 1. The predicted molar refractivity (Wildman–Crippen MR) is 72.7 cm³/mol. The van der Waals surface area contributed by atoms with Crippen LogP contribution in [0, 0.1) is 0 Å². The van der Waals surface area contributed by atoms with Crippen LogP contribution in [-0.2, 0) is 4.74 Å². The van der Waals surface area contributed by atoms with E-state index in [1.54, 1.807) is 12.3 Å². The van der Waals surface area contributed by atoms with Crippen LogP contribution < -0.4 is 4.90 Å². The van der Waals surface area contributed by atoms with Crippen LogP contribution in [0.25, 0.3) is 0 Å². The lowest BCUT2D eigenvalue weighted by atomic mass is 10.1. The van der Waals surface area contributed by atoms with Crippen molar-refractivity contribution in [1.29, 1.82) is 0 Å².